The lowest BCUT2D eigenvalue weighted by Gasteiger charge is -2.36. The predicted molar refractivity (Wildman–Crippen MR) is 129 cm³/mol. The van der Waals surface area contributed by atoms with Crippen molar-refractivity contribution in [3.05, 3.63) is 76.6 Å². The minimum absolute atomic E-state index is 0.0136. The highest BCUT2D eigenvalue weighted by molar-refractivity contribution is 6.04. The van der Waals surface area contributed by atoms with E-state index < -0.39 is 5.60 Å². The second kappa shape index (κ2) is 9.17. The molecule has 0 bridgehead atoms. The molecule has 1 N–H and O–H groups in total. The van der Waals surface area contributed by atoms with E-state index >= 15 is 0 Å². The summed E-state index contributed by atoms with van der Waals surface area (Å²) < 4.78 is 17.9. The van der Waals surface area contributed by atoms with Crippen LogP contribution in [-0.2, 0) is 0 Å². The molecule has 0 radical (unpaired) electrons. The van der Waals surface area contributed by atoms with E-state index in [1.54, 1.807) is 49.7 Å². The Kier molecular flexibility index (Phi) is 6.28. The average molecular weight is 461 g/mol. The van der Waals surface area contributed by atoms with Crippen molar-refractivity contribution in [3.8, 4) is 17.2 Å². The zero-order chi connectivity index (χ0) is 24.5. The number of pyridine rings is 1. The summed E-state index contributed by atoms with van der Waals surface area (Å²) >= 11 is 0. The van der Waals surface area contributed by atoms with Crippen LogP contribution in [0.4, 0.5) is 5.69 Å². The molecule has 1 amide bonds. The van der Waals surface area contributed by atoms with E-state index in [9.17, 15) is 9.59 Å². The van der Waals surface area contributed by atoms with E-state index in [4.69, 9.17) is 14.2 Å². The lowest BCUT2D eigenvalue weighted by atomic mass is 9.86. The highest BCUT2D eigenvalue weighted by Gasteiger charge is 2.40. The zero-order valence-electron chi connectivity index (χ0n) is 20.0. The molecular weight excluding hydrogens is 432 g/mol. The quantitative estimate of drug-likeness (QED) is 0.553. The fraction of sp³-hybridized carbons (Fsp3) is 0.296. The largest absolute Gasteiger partial charge is 0.496 e. The summed E-state index contributed by atoms with van der Waals surface area (Å²) in [7, 11) is 1.61. The number of carbonyl (C=O) groups excluding carboxylic acids is 2. The molecule has 176 valence electrons. The fourth-order valence-electron chi connectivity index (χ4n) is 4.22. The normalized spacial score (nSPS) is 16.9. The first-order valence-electron chi connectivity index (χ1n) is 11.1. The van der Waals surface area contributed by atoms with Gasteiger partial charge in [-0.1, -0.05) is 0 Å². The standard InChI is InChI=1S/C27H28N2O5/c1-16-17(2)25-23(18(3)24(16)32-5)22(30)13-27(4,34-25)15-33-21-10-8-20(9-11-21)29-26(31)19-7-6-12-28-14-19/h6-12,14H,13,15H2,1-5H3,(H,29,31). The highest BCUT2D eigenvalue weighted by atomic mass is 16.5. The maximum absolute atomic E-state index is 13.1. The highest BCUT2D eigenvalue weighted by Crippen LogP contribution is 2.43. The van der Waals surface area contributed by atoms with Gasteiger partial charge in [0.15, 0.2) is 5.78 Å². The maximum atomic E-state index is 13.1. The zero-order valence-corrected chi connectivity index (χ0v) is 20.0. The second-order valence-corrected chi connectivity index (χ2v) is 8.77. The number of fused-ring (bicyclic) bond motifs is 1. The molecule has 0 saturated heterocycles. The minimum atomic E-state index is -0.810. The van der Waals surface area contributed by atoms with E-state index in [-0.39, 0.29) is 24.7 Å². The molecular formula is C27H28N2O5. The van der Waals surface area contributed by atoms with Crippen molar-refractivity contribution < 1.29 is 23.8 Å². The molecule has 2 aromatic carbocycles. The van der Waals surface area contributed by atoms with Crippen LogP contribution in [0.1, 0.15) is 50.8 Å². The molecule has 7 nitrogen and oxygen atoms in total. The molecule has 0 spiro atoms. The number of aromatic nitrogens is 1. The van der Waals surface area contributed by atoms with Crippen LogP contribution in [0.5, 0.6) is 17.2 Å². The molecule has 1 aliphatic rings. The summed E-state index contributed by atoms with van der Waals surface area (Å²) in [5.74, 6) is 1.72. The Balaban J connectivity index is 1.45. The van der Waals surface area contributed by atoms with Crippen LogP contribution in [0.25, 0.3) is 0 Å². The third-order valence-electron chi connectivity index (χ3n) is 6.13. The first kappa shape index (κ1) is 23.3. The smallest absolute Gasteiger partial charge is 0.257 e. The van der Waals surface area contributed by atoms with Gasteiger partial charge in [-0.25, -0.2) is 0 Å². The van der Waals surface area contributed by atoms with Crippen molar-refractivity contribution in [2.45, 2.75) is 39.7 Å². The van der Waals surface area contributed by atoms with Gasteiger partial charge in [0.25, 0.3) is 5.91 Å². The van der Waals surface area contributed by atoms with Crippen LogP contribution in [0.15, 0.2) is 48.8 Å². The third kappa shape index (κ3) is 4.46. The Bertz CT molecular complexity index is 1240. The number of methoxy groups -OCH3 is 1. The number of nitrogens with zero attached hydrogens (tertiary/aromatic N) is 1. The van der Waals surface area contributed by atoms with Crippen LogP contribution in [0.3, 0.4) is 0 Å². The number of ketones is 1. The Hall–Kier alpha value is -3.87. The van der Waals surface area contributed by atoms with Crippen molar-refractivity contribution >= 4 is 17.4 Å². The van der Waals surface area contributed by atoms with E-state index in [1.165, 1.54) is 6.20 Å². The van der Waals surface area contributed by atoms with Gasteiger partial charge in [-0.15, -0.1) is 0 Å². The SMILES string of the molecule is COc1c(C)c(C)c2c(c1C)C(=O)CC(C)(COc1ccc(NC(=O)c3cccnc3)cc1)O2. The van der Waals surface area contributed by atoms with Crippen LogP contribution in [0.2, 0.25) is 0 Å². The van der Waals surface area contributed by atoms with Crippen molar-refractivity contribution in [3.63, 3.8) is 0 Å². The van der Waals surface area contributed by atoms with E-state index in [0.717, 1.165) is 22.4 Å². The number of Topliss-reactive ketones (excluding diaryl/α,β-unsaturated/α-hetero) is 1. The Morgan fingerprint density at radius 3 is 2.50 bits per heavy atom. The van der Waals surface area contributed by atoms with Crippen molar-refractivity contribution in [2.75, 3.05) is 19.0 Å². The summed E-state index contributed by atoms with van der Waals surface area (Å²) in [6.45, 7) is 7.87. The minimum Gasteiger partial charge on any atom is -0.496 e. The number of nitrogens with one attached hydrogen (secondary N) is 1. The lowest BCUT2D eigenvalue weighted by Crippen LogP contribution is -2.45. The predicted octanol–water partition coefficient (Wildman–Crippen LogP) is 5.07. The molecule has 1 aromatic heterocycles. The lowest BCUT2D eigenvalue weighted by molar-refractivity contribution is 0.0182. The number of carbonyl (C=O) groups is 2. The number of benzene rings is 2. The van der Waals surface area contributed by atoms with Crippen molar-refractivity contribution in [1.29, 1.82) is 0 Å². The Morgan fingerprint density at radius 1 is 1.12 bits per heavy atom. The van der Waals surface area contributed by atoms with Crippen molar-refractivity contribution in [1.82, 2.24) is 4.98 Å². The average Bonchev–Trinajstić information content (AvgIpc) is 2.83. The molecule has 1 atom stereocenters. The van der Waals surface area contributed by atoms with E-state index in [2.05, 4.69) is 10.3 Å². The molecule has 4 rings (SSSR count). The molecule has 0 fully saturated rings. The van der Waals surface area contributed by atoms with Gasteiger partial charge in [-0.05, 0) is 75.2 Å². The van der Waals surface area contributed by atoms with Gasteiger partial charge < -0.3 is 19.5 Å². The molecule has 34 heavy (non-hydrogen) atoms. The van der Waals surface area contributed by atoms with Gasteiger partial charge >= 0.3 is 0 Å². The maximum Gasteiger partial charge on any atom is 0.257 e. The van der Waals surface area contributed by atoms with E-state index in [0.29, 0.717) is 28.3 Å². The molecule has 1 aliphatic heterocycles. The second-order valence-electron chi connectivity index (χ2n) is 8.77. The van der Waals surface area contributed by atoms with E-state index in [1.807, 2.05) is 27.7 Å². The monoisotopic (exact) mass is 460 g/mol. The Labute approximate surface area is 199 Å². The molecule has 3 aromatic rings. The molecule has 1 unspecified atom stereocenters. The number of rotatable bonds is 6. The summed E-state index contributed by atoms with van der Waals surface area (Å²) in [6.07, 6.45) is 3.33. The molecule has 7 heteroatoms. The first-order chi connectivity index (χ1) is 16.2. The van der Waals surface area contributed by atoms with Crippen LogP contribution >= 0.6 is 0 Å². The van der Waals surface area contributed by atoms with Gasteiger partial charge in [0.1, 0.15) is 29.5 Å². The number of amides is 1. The number of ether oxygens (including phenoxy) is 3. The summed E-state index contributed by atoms with van der Waals surface area (Å²) in [5.41, 5.74) is 3.55. The van der Waals surface area contributed by atoms with Crippen LogP contribution < -0.4 is 19.5 Å². The van der Waals surface area contributed by atoms with Gasteiger partial charge in [0, 0.05) is 23.6 Å². The van der Waals surface area contributed by atoms with Gasteiger partial charge in [0.05, 0.1) is 24.7 Å². The summed E-state index contributed by atoms with van der Waals surface area (Å²) in [5, 5.41) is 2.83. The van der Waals surface area contributed by atoms with Crippen LogP contribution in [-0.4, -0.2) is 36.0 Å². The van der Waals surface area contributed by atoms with Gasteiger partial charge in [-0.2, -0.15) is 0 Å². The van der Waals surface area contributed by atoms with Gasteiger partial charge in [-0.3, -0.25) is 14.6 Å². The topological polar surface area (TPSA) is 86.8 Å². The molecule has 0 aliphatic carbocycles. The molecule has 2 heterocycles. The third-order valence-corrected chi connectivity index (χ3v) is 6.13. The van der Waals surface area contributed by atoms with Gasteiger partial charge in [0.2, 0.25) is 0 Å². The molecule has 0 saturated carbocycles. The number of anilines is 1. The summed E-state index contributed by atoms with van der Waals surface area (Å²) in [4.78, 5) is 29.3. The number of hydrogen-bond acceptors (Lipinski definition) is 6. The summed E-state index contributed by atoms with van der Waals surface area (Å²) in [6, 6.07) is 10.5. The Morgan fingerprint density at radius 2 is 1.85 bits per heavy atom. The van der Waals surface area contributed by atoms with Crippen LogP contribution in [0, 0.1) is 20.8 Å². The first-order valence-corrected chi connectivity index (χ1v) is 11.1. The number of hydrogen-bond donors (Lipinski definition) is 1. The fourth-order valence-corrected chi connectivity index (χ4v) is 4.22. The van der Waals surface area contributed by atoms with Crippen molar-refractivity contribution in [2.24, 2.45) is 0 Å².